The molecule has 7 nitrogen and oxygen atoms in total. The maximum Gasteiger partial charge on any atom is 0.272 e. The second-order valence-electron chi connectivity index (χ2n) is 9.29. The van der Waals surface area contributed by atoms with E-state index < -0.39 is 17.1 Å². The van der Waals surface area contributed by atoms with Crippen LogP contribution in [0.1, 0.15) is 40.1 Å². The molecule has 3 amide bonds. The summed E-state index contributed by atoms with van der Waals surface area (Å²) in [5.74, 6) is -1.09. The van der Waals surface area contributed by atoms with E-state index in [4.69, 9.17) is 0 Å². The van der Waals surface area contributed by atoms with Crippen molar-refractivity contribution in [1.82, 2.24) is 5.32 Å². The average molecular weight is 643 g/mol. The lowest BCUT2D eigenvalue weighted by molar-refractivity contribution is -0.115. The molecule has 0 radical (unpaired) electrons. The Balaban J connectivity index is 1.40. The monoisotopic (exact) mass is 641 g/mol. The Morgan fingerprint density at radius 1 is 0.738 bits per heavy atom. The van der Waals surface area contributed by atoms with Crippen LogP contribution in [-0.2, 0) is 9.59 Å². The maximum atomic E-state index is 13.3. The molecule has 0 fully saturated rings. The second kappa shape index (κ2) is 14.4. The molecular formula is C33H28BrN3O4S. The van der Waals surface area contributed by atoms with Crippen LogP contribution in [0.4, 0.5) is 11.4 Å². The Morgan fingerprint density at radius 3 is 1.95 bits per heavy atom. The molecule has 4 aromatic rings. The zero-order valence-corrected chi connectivity index (χ0v) is 25.3. The lowest BCUT2D eigenvalue weighted by Gasteiger charge is -2.14. The smallest absolute Gasteiger partial charge is 0.272 e. The molecule has 0 saturated carbocycles. The molecule has 0 bridgehead atoms. The van der Waals surface area contributed by atoms with Gasteiger partial charge in [-0.25, -0.2) is 0 Å². The van der Waals surface area contributed by atoms with Crippen molar-refractivity contribution in [2.45, 2.75) is 24.0 Å². The summed E-state index contributed by atoms with van der Waals surface area (Å²) < 4.78 is 0.895. The molecular weight excluding hydrogens is 614 g/mol. The first-order valence-corrected chi connectivity index (χ1v) is 14.7. The third-order valence-electron chi connectivity index (χ3n) is 6.06. The van der Waals surface area contributed by atoms with E-state index in [1.165, 1.54) is 18.7 Å². The van der Waals surface area contributed by atoms with E-state index >= 15 is 0 Å². The standard InChI is InChI=1S/C33H28BrN3O4S/c1-21(38)24-10-14-27(15-11-24)35-31(39)22(2)42-29-18-16-28(17-19-29)36-33(41)30(20-23-8-12-26(34)13-9-23)37-32(40)25-6-4-3-5-7-25/h3-20,22H,1-2H3,(H,35,39)(H,36,41)(H,37,40)/b30-20-. The van der Waals surface area contributed by atoms with Gasteiger partial charge in [0.1, 0.15) is 5.70 Å². The molecule has 212 valence electrons. The minimum atomic E-state index is -0.480. The summed E-state index contributed by atoms with van der Waals surface area (Å²) in [5, 5.41) is 8.02. The van der Waals surface area contributed by atoms with Gasteiger partial charge in [0.2, 0.25) is 5.91 Å². The highest BCUT2D eigenvalue weighted by Crippen LogP contribution is 2.26. The summed E-state index contributed by atoms with van der Waals surface area (Å²) in [6.45, 7) is 3.29. The van der Waals surface area contributed by atoms with Crippen LogP contribution in [0.5, 0.6) is 0 Å². The van der Waals surface area contributed by atoms with Gasteiger partial charge in [0.25, 0.3) is 11.8 Å². The first-order chi connectivity index (χ1) is 20.2. The Bertz CT molecular complexity index is 1600. The molecule has 0 aliphatic rings. The summed E-state index contributed by atoms with van der Waals surface area (Å²) in [7, 11) is 0. The van der Waals surface area contributed by atoms with Crippen molar-refractivity contribution in [2.75, 3.05) is 10.6 Å². The average Bonchev–Trinajstić information content (AvgIpc) is 2.99. The number of carbonyl (C=O) groups is 4. The fourth-order valence-electron chi connectivity index (χ4n) is 3.77. The largest absolute Gasteiger partial charge is 0.325 e. The van der Waals surface area contributed by atoms with Gasteiger partial charge in [-0.05, 0) is 98.3 Å². The topological polar surface area (TPSA) is 104 Å². The van der Waals surface area contributed by atoms with E-state index in [9.17, 15) is 19.2 Å². The van der Waals surface area contributed by atoms with Gasteiger partial charge >= 0.3 is 0 Å². The molecule has 0 spiro atoms. The van der Waals surface area contributed by atoms with E-state index in [0.29, 0.717) is 22.5 Å². The van der Waals surface area contributed by atoms with Gasteiger partial charge in [-0.3, -0.25) is 19.2 Å². The van der Waals surface area contributed by atoms with Crippen molar-refractivity contribution in [1.29, 1.82) is 0 Å². The molecule has 0 heterocycles. The Kier molecular flexibility index (Phi) is 10.5. The van der Waals surface area contributed by atoms with Gasteiger partial charge < -0.3 is 16.0 Å². The number of hydrogen-bond donors (Lipinski definition) is 3. The number of benzene rings is 4. The summed E-state index contributed by atoms with van der Waals surface area (Å²) in [4.78, 5) is 51.1. The number of amides is 3. The fraction of sp³-hybridized carbons (Fsp3) is 0.0909. The number of anilines is 2. The van der Waals surface area contributed by atoms with Crippen LogP contribution in [0.3, 0.4) is 0 Å². The number of ketones is 1. The van der Waals surface area contributed by atoms with Crippen LogP contribution in [0.15, 0.2) is 118 Å². The predicted octanol–water partition coefficient (Wildman–Crippen LogP) is 7.18. The molecule has 1 unspecified atom stereocenters. The van der Waals surface area contributed by atoms with E-state index in [-0.39, 0.29) is 17.4 Å². The summed E-state index contributed by atoms with van der Waals surface area (Å²) in [5.41, 5.74) is 2.98. The van der Waals surface area contributed by atoms with E-state index in [1.54, 1.807) is 73.7 Å². The Labute approximate surface area is 256 Å². The summed E-state index contributed by atoms with van der Waals surface area (Å²) >= 11 is 4.77. The molecule has 1 atom stereocenters. The number of halogens is 1. The molecule has 42 heavy (non-hydrogen) atoms. The van der Waals surface area contributed by atoms with Crippen molar-refractivity contribution in [2.24, 2.45) is 0 Å². The third kappa shape index (κ3) is 8.76. The van der Waals surface area contributed by atoms with Gasteiger partial charge in [-0.15, -0.1) is 11.8 Å². The van der Waals surface area contributed by atoms with Crippen LogP contribution < -0.4 is 16.0 Å². The third-order valence-corrected chi connectivity index (χ3v) is 7.70. The van der Waals surface area contributed by atoms with Gasteiger partial charge in [0.15, 0.2) is 5.78 Å². The SMILES string of the molecule is CC(=O)c1ccc(NC(=O)C(C)Sc2ccc(NC(=O)/C(=C/c3ccc(Br)cc3)NC(=O)c3ccccc3)cc2)cc1. The number of thioether (sulfide) groups is 1. The van der Waals surface area contributed by atoms with Crippen molar-refractivity contribution in [3.05, 3.63) is 130 Å². The van der Waals surface area contributed by atoms with Crippen LogP contribution in [-0.4, -0.2) is 28.8 Å². The first kappa shape index (κ1) is 30.5. The van der Waals surface area contributed by atoms with Crippen LogP contribution in [0, 0.1) is 0 Å². The van der Waals surface area contributed by atoms with Crippen molar-refractivity contribution < 1.29 is 19.2 Å². The van der Waals surface area contributed by atoms with Gasteiger partial charge in [0, 0.05) is 31.9 Å². The molecule has 0 aromatic heterocycles. The number of carbonyl (C=O) groups excluding carboxylic acids is 4. The number of hydrogen-bond acceptors (Lipinski definition) is 5. The molecule has 0 saturated heterocycles. The second-order valence-corrected chi connectivity index (χ2v) is 11.6. The number of Topliss-reactive ketones (excluding diaryl/α,β-unsaturated/α-hetero) is 1. The molecule has 3 N–H and O–H groups in total. The van der Waals surface area contributed by atoms with Crippen molar-refractivity contribution in [3.63, 3.8) is 0 Å². The summed E-state index contributed by atoms with van der Waals surface area (Å²) in [6, 6.07) is 29.9. The van der Waals surface area contributed by atoms with Crippen LogP contribution in [0.2, 0.25) is 0 Å². The van der Waals surface area contributed by atoms with Gasteiger partial charge in [-0.2, -0.15) is 0 Å². The van der Waals surface area contributed by atoms with Crippen LogP contribution >= 0.6 is 27.7 Å². The zero-order valence-electron chi connectivity index (χ0n) is 22.9. The minimum absolute atomic E-state index is 0.0368. The Hall–Kier alpha value is -4.47. The molecule has 4 aromatic carbocycles. The summed E-state index contributed by atoms with van der Waals surface area (Å²) in [6.07, 6.45) is 1.61. The molecule has 4 rings (SSSR count). The highest BCUT2D eigenvalue weighted by Gasteiger charge is 2.17. The van der Waals surface area contributed by atoms with Crippen molar-refractivity contribution in [3.8, 4) is 0 Å². The van der Waals surface area contributed by atoms with E-state index in [1.807, 2.05) is 42.5 Å². The number of rotatable bonds is 10. The highest BCUT2D eigenvalue weighted by atomic mass is 79.9. The molecule has 0 aliphatic heterocycles. The molecule has 0 aliphatic carbocycles. The minimum Gasteiger partial charge on any atom is -0.325 e. The van der Waals surface area contributed by atoms with E-state index in [0.717, 1.165) is 14.9 Å². The highest BCUT2D eigenvalue weighted by molar-refractivity contribution is 9.10. The van der Waals surface area contributed by atoms with Gasteiger partial charge in [-0.1, -0.05) is 46.3 Å². The Morgan fingerprint density at radius 2 is 1.33 bits per heavy atom. The zero-order chi connectivity index (χ0) is 30.1. The van der Waals surface area contributed by atoms with Gasteiger partial charge in [0.05, 0.1) is 5.25 Å². The maximum absolute atomic E-state index is 13.3. The normalized spacial score (nSPS) is 11.7. The number of nitrogens with one attached hydrogen (secondary N) is 3. The van der Waals surface area contributed by atoms with Crippen LogP contribution in [0.25, 0.3) is 6.08 Å². The van der Waals surface area contributed by atoms with Crippen molar-refractivity contribution >= 4 is 68.6 Å². The van der Waals surface area contributed by atoms with E-state index in [2.05, 4.69) is 31.9 Å². The lowest BCUT2D eigenvalue weighted by atomic mass is 10.1. The predicted molar refractivity (Wildman–Crippen MR) is 171 cm³/mol. The lowest BCUT2D eigenvalue weighted by Crippen LogP contribution is -2.30. The quantitative estimate of drug-likeness (QED) is 0.0966. The fourth-order valence-corrected chi connectivity index (χ4v) is 4.90. The molecule has 9 heteroatoms. The first-order valence-electron chi connectivity index (χ1n) is 13.0.